The summed E-state index contributed by atoms with van der Waals surface area (Å²) in [4.78, 5) is 11.7. The smallest absolute Gasteiger partial charge is 0.193 e. The van der Waals surface area contributed by atoms with Gasteiger partial charge < -0.3 is 9.84 Å². The summed E-state index contributed by atoms with van der Waals surface area (Å²) in [6.45, 7) is 2.98. The molecule has 1 saturated carbocycles. The Labute approximate surface area is 95.0 Å². The van der Waals surface area contributed by atoms with Crippen molar-refractivity contribution in [2.75, 3.05) is 0 Å². The van der Waals surface area contributed by atoms with E-state index in [-0.39, 0.29) is 5.78 Å². The molecule has 0 aliphatic heterocycles. The van der Waals surface area contributed by atoms with Crippen LogP contribution in [0.15, 0.2) is 24.3 Å². The molecule has 0 spiro atoms. The molecule has 0 atom stereocenters. The van der Waals surface area contributed by atoms with Crippen molar-refractivity contribution in [3.8, 4) is 5.75 Å². The van der Waals surface area contributed by atoms with Gasteiger partial charge in [0.1, 0.15) is 11.4 Å². The van der Waals surface area contributed by atoms with Crippen LogP contribution in [0.25, 0.3) is 0 Å². The number of Topliss-reactive ketones (excluding diaryl/α,β-unsaturated/α-hetero) is 1. The van der Waals surface area contributed by atoms with Crippen LogP contribution in [0.3, 0.4) is 0 Å². The number of carbonyl (C=O) groups is 1. The third-order valence-corrected chi connectivity index (χ3v) is 2.50. The lowest BCUT2D eigenvalue weighted by Gasteiger charge is -2.15. The van der Waals surface area contributed by atoms with E-state index in [4.69, 9.17) is 4.74 Å². The lowest BCUT2D eigenvalue weighted by atomic mass is 9.97. The molecule has 0 saturated heterocycles. The molecule has 0 bridgehead atoms. The van der Waals surface area contributed by atoms with Gasteiger partial charge in [-0.3, -0.25) is 4.79 Å². The van der Waals surface area contributed by atoms with Crippen LogP contribution in [0.5, 0.6) is 5.75 Å². The molecule has 0 aromatic heterocycles. The van der Waals surface area contributed by atoms with E-state index < -0.39 is 5.60 Å². The van der Waals surface area contributed by atoms with E-state index in [1.807, 2.05) is 0 Å². The second-order valence-corrected chi connectivity index (χ2v) is 4.73. The number of rotatable bonds is 4. The molecule has 16 heavy (non-hydrogen) atoms. The molecule has 1 aromatic rings. The van der Waals surface area contributed by atoms with Crippen molar-refractivity contribution in [2.45, 2.75) is 38.4 Å². The van der Waals surface area contributed by atoms with E-state index in [2.05, 4.69) is 0 Å². The lowest BCUT2D eigenvalue weighted by Crippen LogP contribution is -2.30. The van der Waals surface area contributed by atoms with Crippen LogP contribution in [0.2, 0.25) is 0 Å². The van der Waals surface area contributed by atoms with Crippen molar-refractivity contribution >= 4 is 5.78 Å². The van der Waals surface area contributed by atoms with E-state index in [0.29, 0.717) is 11.7 Å². The molecule has 1 aliphatic rings. The summed E-state index contributed by atoms with van der Waals surface area (Å²) < 4.78 is 5.57. The van der Waals surface area contributed by atoms with Gasteiger partial charge in [-0.25, -0.2) is 0 Å². The molecule has 0 radical (unpaired) electrons. The maximum absolute atomic E-state index is 11.7. The summed E-state index contributed by atoms with van der Waals surface area (Å²) in [6.07, 6.45) is 2.59. The van der Waals surface area contributed by atoms with Crippen molar-refractivity contribution in [1.82, 2.24) is 0 Å². The molecule has 86 valence electrons. The van der Waals surface area contributed by atoms with Crippen LogP contribution in [0, 0.1) is 0 Å². The zero-order valence-corrected chi connectivity index (χ0v) is 9.56. The highest BCUT2D eigenvalue weighted by molar-refractivity contribution is 6.01. The van der Waals surface area contributed by atoms with Gasteiger partial charge in [0.05, 0.1) is 6.10 Å². The van der Waals surface area contributed by atoms with E-state index in [9.17, 15) is 9.90 Å². The summed E-state index contributed by atoms with van der Waals surface area (Å²) in [5.74, 6) is 0.514. The Morgan fingerprint density at radius 3 is 2.31 bits per heavy atom. The minimum Gasteiger partial charge on any atom is -0.490 e. The van der Waals surface area contributed by atoms with Gasteiger partial charge in [-0.15, -0.1) is 0 Å². The lowest BCUT2D eigenvalue weighted by molar-refractivity contribution is 0.0488. The number of aliphatic hydroxyl groups is 1. The molecule has 3 heteroatoms. The second kappa shape index (κ2) is 3.91. The number of benzene rings is 1. The third kappa shape index (κ3) is 2.61. The Morgan fingerprint density at radius 2 is 1.88 bits per heavy atom. The highest BCUT2D eigenvalue weighted by Gasteiger charge is 2.26. The van der Waals surface area contributed by atoms with E-state index in [0.717, 1.165) is 18.6 Å². The summed E-state index contributed by atoms with van der Waals surface area (Å²) in [7, 11) is 0. The standard InChI is InChI=1S/C13H16O3/c1-13(2,15)12(14)9-3-5-10(6-4-9)16-11-7-8-11/h3-6,11,15H,7-8H2,1-2H3. The van der Waals surface area contributed by atoms with Gasteiger partial charge in [-0.2, -0.15) is 0 Å². The summed E-state index contributed by atoms with van der Waals surface area (Å²) in [5, 5.41) is 9.58. The highest BCUT2D eigenvalue weighted by atomic mass is 16.5. The molecular weight excluding hydrogens is 204 g/mol. The average Bonchev–Trinajstić information content (AvgIpc) is 3.00. The van der Waals surface area contributed by atoms with Crippen molar-refractivity contribution in [3.05, 3.63) is 29.8 Å². The molecule has 0 unspecified atom stereocenters. The number of hydrogen-bond acceptors (Lipinski definition) is 3. The van der Waals surface area contributed by atoms with Crippen LogP contribution < -0.4 is 4.74 Å². The fourth-order valence-electron chi connectivity index (χ4n) is 1.42. The zero-order chi connectivity index (χ0) is 11.8. The monoisotopic (exact) mass is 220 g/mol. The van der Waals surface area contributed by atoms with Crippen LogP contribution >= 0.6 is 0 Å². The van der Waals surface area contributed by atoms with Crippen LogP contribution in [-0.4, -0.2) is 22.6 Å². The van der Waals surface area contributed by atoms with Gasteiger partial charge in [0.2, 0.25) is 0 Å². The van der Waals surface area contributed by atoms with Crippen molar-refractivity contribution < 1.29 is 14.6 Å². The van der Waals surface area contributed by atoms with Gasteiger partial charge in [-0.1, -0.05) is 0 Å². The zero-order valence-electron chi connectivity index (χ0n) is 9.56. The first kappa shape index (κ1) is 11.1. The van der Waals surface area contributed by atoms with E-state index in [1.165, 1.54) is 13.8 Å². The Balaban J connectivity index is 2.09. The number of carbonyl (C=O) groups excluding carboxylic acids is 1. The van der Waals surface area contributed by atoms with Gasteiger partial charge in [0.15, 0.2) is 5.78 Å². The largest absolute Gasteiger partial charge is 0.490 e. The van der Waals surface area contributed by atoms with Crippen LogP contribution in [0.4, 0.5) is 0 Å². The fourth-order valence-corrected chi connectivity index (χ4v) is 1.42. The molecule has 2 rings (SSSR count). The quantitative estimate of drug-likeness (QED) is 0.791. The molecule has 3 nitrogen and oxygen atoms in total. The number of ketones is 1. The first-order chi connectivity index (χ1) is 7.47. The predicted octanol–water partition coefficient (Wildman–Crippen LogP) is 2.18. The number of hydrogen-bond donors (Lipinski definition) is 1. The topological polar surface area (TPSA) is 46.5 Å². The fraction of sp³-hybridized carbons (Fsp3) is 0.462. The summed E-state index contributed by atoms with van der Waals surface area (Å²) in [6, 6.07) is 6.94. The van der Waals surface area contributed by atoms with Gasteiger partial charge >= 0.3 is 0 Å². The normalized spacial score (nSPS) is 15.9. The highest BCUT2D eigenvalue weighted by Crippen LogP contribution is 2.27. The first-order valence-corrected chi connectivity index (χ1v) is 5.51. The third-order valence-electron chi connectivity index (χ3n) is 2.50. The maximum Gasteiger partial charge on any atom is 0.193 e. The average molecular weight is 220 g/mol. The van der Waals surface area contributed by atoms with Gasteiger partial charge in [0, 0.05) is 5.56 Å². The first-order valence-electron chi connectivity index (χ1n) is 5.51. The molecule has 1 N–H and O–H groups in total. The van der Waals surface area contributed by atoms with Crippen LogP contribution in [-0.2, 0) is 0 Å². The minimum absolute atomic E-state index is 0.273. The molecule has 1 aliphatic carbocycles. The molecular formula is C13H16O3. The number of ether oxygens (including phenoxy) is 1. The summed E-state index contributed by atoms with van der Waals surface area (Å²) >= 11 is 0. The van der Waals surface area contributed by atoms with Crippen molar-refractivity contribution in [2.24, 2.45) is 0 Å². The minimum atomic E-state index is -1.32. The predicted molar refractivity (Wildman–Crippen MR) is 60.7 cm³/mol. The van der Waals surface area contributed by atoms with Gasteiger partial charge in [-0.05, 0) is 51.0 Å². The molecule has 0 amide bonds. The van der Waals surface area contributed by atoms with E-state index in [1.54, 1.807) is 24.3 Å². The molecule has 1 fully saturated rings. The van der Waals surface area contributed by atoms with E-state index >= 15 is 0 Å². The van der Waals surface area contributed by atoms with Crippen molar-refractivity contribution in [3.63, 3.8) is 0 Å². The Kier molecular flexibility index (Phi) is 2.72. The van der Waals surface area contributed by atoms with Crippen molar-refractivity contribution in [1.29, 1.82) is 0 Å². The maximum atomic E-state index is 11.7. The van der Waals surface area contributed by atoms with Crippen LogP contribution in [0.1, 0.15) is 37.0 Å². The Bertz CT molecular complexity index is 383. The molecule has 1 aromatic carbocycles. The Morgan fingerprint density at radius 1 is 1.31 bits per heavy atom. The SMILES string of the molecule is CC(C)(O)C(=O)c1ccc(OC2CC2)cc1. The summed E-state index contributed by atoms with van der Waals surface area (Å²) in [5.41, 5.74) is -0.811. The Hall–Kier alpha value is -1.35. The molecule has 0 heterocycles. The second-order valence-electron chi connectivity index (χ2n) is 4.73. The van der Waals surface area contributed by atoms with Gasteiger partial charge in [0.25, 0.3) is 0 Å².